The van der Waals surface area contributed by atoms with E-state index in [9.17, 15) is 22.8 Å². The topological polar surface area (TPSA) is 77.2 Å². The summed E-state index contributed by atoms with van der Waals surface area (Å²) in [4.78, 5) is 30.6. The van der Waals surface area contributed by atoms with Gasteiger partial charge in [-0.1, -0.05) is 18.2 Å². The van der Waals surface area contributed by atoms with Gasteiger partial charge in [-0.15, -0.1) is 0 Å². The van der Waals surface area contributed by atoms with Gasteiger partial charge in [0.1, 0.15) is 0 Å². The number of halogens is 3. The molecule has 2 aliphatic rings. The van der Waals surface area contributed by atoms with E-state index in [1.54, 1.807) is 11.9 Å². The van der Waals surface area contributed by atoms with Crippen molar-refractivity contribution in [1.29, 1.82) is 0 Å². The molecule has 1 aliphatic heterocycles. The summed E-state index contributed by atoms with van der Waals surface area (Å²) in [6.45, 7) is 0.949. The van der Waals surface area contributed by atoms with E-state index in [0.29, 0.717) is 31.8 Å². The fourth-order valence-electron chi connectivity index (χ4n) is 6.24. The Balaban J connectivity index is 1.15. The van der Waals surface area contributed by atoms with Crippen LogP contribution in [0.15, 0.2) is 48.7 Å². The van der Waals surface area contributed by atoms with E-state index in [-0.39, 0.29) is 35.4 Å². The van der Waals surface area contributed by atoms with Crippen molar-refractivity contribution in [1.82, 2.24) is 20.5 Å². The zero-order valence-corrected chi connectivity index (χ0v) is 22.6. The second-order valence-corrected chi connectivity index (χ2v) is 10.9. The maximum absolute atomic E-state index is 13.5. The summed E-state index contributed by atoms with van der Waals surface area (Å²) < 4.78 is 40.1. The van der Waals surface area contributed by atoms with Crippen LogP contribution in [0, 0.1) is 23.4 Å². The minimum absolute atomic E-state index is 0.0382. The molecule has 3 aromatic rings. The largest absolute Gasteiger partial charge is 0.361 e. The first kappa shape index (κ1) is 28.0. The molecule has 1 saturated heterocycles. The van der Waals surface area contributed by atoms with Gasteiger partial charge < -0.3 is 20.5 Å². The molecule has 5 rings (SSSR count). The maximum Gasteiger partial charge on any atom is 0.246 e. The minimum Gasteiger partial charge on any atom is -0.361 e. The number of rotatable bonds is 7. The fourth-order valence-corrected chi connectivity index (χ4v) is 6.24. The number of para-hydroxylation sites is 1. The molecule has 0 radical (unpaired) electrons. The summed E-state index contributed by atoms with van der Waals surface area (Å²) in [5, 5.41) is 7.74. The third-order valence-electron chi connectivity index (χ3n) is 8.48. The Morgan fingerprint density at radius 3 is 2.35 bits per heavy atom. The van der Waals surface area contributed by atoms with Gasteiger partial charge >= 0.3 is 0 Å². The van der Waals surface area contributed by atoms with Crippen LogP contribution < -0.4 is 10.6 Å². The second-order valence-electron chi connectivity index (χ2n) is 10.9. The highest BCUT2D eigenvalue weighted by molar-refractivity contribution is 5.92. The summed E-state index contributed by atoms with van der Waals surface area (Å²) >= 11 is 0. The molecule has 1 aromatic heterocycles. The number of fused-ring (bicyclic) bond motifs is 1. The normalized spacial score (nSPS) is 21.1. The van der Waals surface area contributed by atoms with Gasteiger partial charge in [-0.3, -0.25) is 9.59 Å². The van der Waals surface area contributed by atoms with Crippen LogP contribution in [0.2, 0.25) is 0 Å². The third kappa shape index (κ3) is 6.09. The molecule has 2 heterocycles. The average Bonchev–Trinajstić information content (AvgIpc) is 3.41. The summed E-state index contributed by atoms with van der Waals surface area (Å²) in [5.74, 6) is -3.88. The predicted octanol–water partition coefficient (Wildman–Crippen LogP) is 5.27. The van der Waals surface area contributed by atoms with Crippen LogP contribution in [0.25, 0.3) is 17.0 Å². The fraction of sp³-hybridized carbons (Fsp3) is 0.419. The number of H-pyrrole nitrogens is 1. The highest BCUT2D eigenvalue weighted by atomic mass is 19.2. The Hall–Kier alpha value is -3.59. The third-order valence-corrected chi connectivity index (χ3v) is 8.48. The number of carbonyl (C=O) groups excluding carboxylic acids is 2. The van der Waals surface area contributed by atoms with Gasteiger partial charge in [0.25, 0.3) is 0 Å². The van der Waals surface area contributed by atoms with Crippen molar-refractivity contribution in [3.63, 3.8) is 0 Å². The number of piperidine rings is 1. The van der Waals surface area contributed by atoms with Gasteiger partial charge in [0.15, 0.2) is 17.5 Å². The van der Waals surface area contributed by atoms with Crippen LogP contribution in [0.3, 0.4) is 0 Å². The minimum atomic E-state index is -1.54. The Bertz CT molecular complexity index is 1370. The zero-order chi connectivity index (χ0) is 28.2. The molecule has 0 spiro atoms. The predicted molar refractivity (Wildman–Crippen MR) is 149 cm³/mol. The molecular weight excluding hydrogens is 517 g/mol. The SMILES string of the molecule is CNC(=O)C(NC1CCC(c2c[nH]c3ccccc23)CC1)C1CCN(C(=O)C=Cc2cc(F)c(F)c(F)c2)CC1. The van der Waals surface area contributed by atoms with Gasteiger partial charge in [-0.05, 0) is 85.8 Å². The summed E-state index contributed by atoms with van der Waals surface area (Å²) in [6, 6.07) is 10.00. The van der Waals surface area contributed by atoms with Crippen LogP contribution in [0.1, 0.15) is 55.6 Å². The van der Waals surface area contributed by atoms with E-state index >= 15 is 0 Å². The number of aromatic amines is 1. The maximum atomic E-state index is 13.5. The van der Waals surface area contributed by atoms with Crippen LogP contribution >= 0.6 is 0 Å². The molecule has 1 saturated carbocycles. The first-order valence-electron chi connectivity index (χ1n) is 14.0. The lowest BCUT2D eigenvalue weighted by Crippen LogP contribution is -2.54. The van der Waals surface area contributed by atoms with E-state index in [0.717, 1.165) is 43.3 Å². The molecule has 1 atom stereocenters. The average molecular weight is 553 g/mol. The number of likely N-dealkylation sites (N-methyl/N-ethyl adjacent to an activating group) is 1. The van der Waals surface area contributed by atoms with Gasteiger partial charge in [-0.25, -0.2) is 13.2 Å². The summed E-state index contributed by atoms with van der Waals surface area (Å²) in [6.07, 6.45) is 10.1. The number of hydrogen-bond donors (Lipinski definition) is 3. The molecule has 2 fully saturated rings. The van der Waals surface area contributed by atoms with Crippen LogP contribution in [0.5, 0.6) is 0 Å². The number of hydrogen-bond acceptors (Lipinski definition) is 3. The zero-order valence-electron chi connectivity index (χ0n) is 22.6. The lowest BCUT2D eigenvalue weighted by atomic mass is 9.80. The highest BCUT2D eigenvalue weighted by Gasteiger charge is 2.34. The van der Waals surface area contributed by atoms with Crippen molar-refractivity contribution >= 4 is 28.8 Å². The molecule has 3 N–H and O–H groups in total. The van der Waals surface area contributed by atoms with Crippen molar-refractivity contribution in [2.24, 2.45) is 5.92 Å². The van der Waals surface area contributed by atoms with E-state index in [4.69, 9.17) is 0 Å². The molecule has 1 unspecified atom stereocenters. The van der Waals surface area contributed by atoms with Gasteiger partial charge in [0, 0.05) is 49.4 Å². The molecule has 1 aliphatic carbocycles. The number of nitrogens with zero attached hydrogens (tertiary/aromatic N) is 1. The number of nitrogens with one attached hydrogen (secondary N) is 3. The molecule has 2 amide bonds. The van der Waals surface area contributed by atoms with Crippen molar-refractivity contribution in [2.45, 2.75) is 56.5 Å². The molecule has 0 bridgehead atoms. The first-order chi connectivity index (χ1) is 19.3. The quantitative estimate of drug-likeness (QED) is 0.276. The molecule has 9 heteroatoms. The number of aromatic nitrogens is 1. The van der Waals surface area contributed by atoms with E-state index in [1.165, 1.54) is 23.1 Å². The molecule has 2 aromatic carbocycles. The first-order valence-corrected chi connectivity index (χ1v) is 14.0. The molecular formula is C31H35F3N4O2. The van der Waals surface area contributed by atoms with E-state index in [2.05, 4.69) is 40.0 Å². The number of carbonyl (C=O) groups is 2. The lowest BCUT2D eigenvalue weighted by molar-refractivity contribution is -0.128. The number of amides is 2. The van der Waals surface area contributed by atoms with Crippen molar-refractivity contribution in [2.75, 3.05) is 20.1 Å². The molecule has 212 valence electrons. The monoisotopic (exact) mass is 552 g/mol. The molecule has 6 nitrogen and oxygen atoms in total. The summed E-state index contributed by atoms with van der Waals surface area (Å²) in [5.41, 5.74) is 2.61. The van der Waals surface area contributed by atoms with Gasteiger partial charge in [0.2, 0.25) is 11.8 Å². The lowest BCUT2D eigenvalue weighted by Gasteiger charge is -2.38. The Labute approximate surface area is 232 Å². The van der Waals surface area contributed by atoms with Crippen molar-refractivity contribution in [3.05, 3.63) is 77.2 Å². The van der Waals surface area contributed by atoms with Crippen LogP contribution in [-0.2, 0) is 9.59 Å². The van der Waals surface area contributed by atoms with Crippen LogP contribution in [-0.4, -0.2) is 53.9 Å². The molecule has 40 heavy (non-hydrogen) atoms. The Morgan fingerprint density at radius 1 is 1.00 bits per heavy atom. The van der Waals surface area contributed by atoms with Crippen molar-refractivity contribution in [3.8, 4) is 0 Å². The van der Waals surface area contributed by atoms with Crippen LogP contribution in [0.4, 0.5) is 13.2 Å². The van der Waals surface area contributed by atoms with Gasteiger partial charge in [0.05, 0.1) is 6.04 Å². The Kier molecular flexibility index (Phi) is 8.59. The van der Waals surface area contributed by atoms with Gasteiger partial charge in [-0.2, -0.15) is 0 Å². The Morgan fingerprint density at radius 2 is 1.68 bits per heavy atom. The van der Waals surface area contributed by atoms with E-state index < -0.39 is 17.5 Å². The summed E-state index contributed by atoms with van der Waals surface area (Å²) in [7, 11) is 1.65. The van der Waals surface area contributed by atoms with E-state index in [1.807, 2.05) is 6.07 Å². The highest BCUT2D eigenvalue weighted by Crippen LogP contribution is 2.37. The van der Waals surface area contributed by atoms with Crippen molar-refractivity contribution < 1.29 is 22.8 Å². The standard InChI is InChI=1S/C31H35F3N4O2/c1-35-31(40)30(37-22-9-7-20(8-10-22)24-18-36-27-5-3-2-4-23(24)27)21-12-14-38(15-13-21)28(39)11-6-19-16-25(32)29(34)26(33)17-19/h2-6,11,16-18,20-22,30,36-37H,7-10,12-15H2,1H3,(H,35,40). The second kappa shape index (κ2) is 12.3. The smallest absolute Gasteiger partial charge is 0.246 e. The number of benzene rings is 2. The number of likely N-dealkylation sites (tertiary alicyclic amines) is 1.